The lowest BCUT2D eigenvalue weighted by atomic mass is 9.70. The monoisotopic (exact) mass is 794 g/mol. The zero-order valence-electron chi connectivity index (χ0n) is 34.0. The molecule has 1 aliphatic heterocycles. The third-order valence-corrected chi connectivity index (χ3v) is 13.0. The minimum absolute atomic E-state index is 0.181. The zero-order valence-corrected chi connectivity index (χ0v) is 34.0. The Morgan fingerprint density at radius 3 is 1.76 bits per heavy atom. The average Bonchev–Trinajstić information content (AvgIpc) is 3.85. The molecule has 0 radical (unpaired) electrons. The van der Waals surface area contributed by atoms with Crippen LogP contribution < -0.4 is 10.6 Å². The molecule has 62 heavy (non-hydrogen) atoms. The van der Waals surface area contributed by atoms with Crippen LogP contribution in [0.15, 0.2) is 236 Å². The minimum atomic E-state index is -0.731. The highest BCUT2D eigenvalue weighted by Gasteiger charge is 2.50. The van der Waals surface area contributed by atoms with Crippen LogP contribution in [0.3, 0.4) is 0 Å². The number of benzene rings is 9. The van der Waals surface area contributed by atoms with Crippen molar-refractivity contribution in [2.45, 2.75) is 17.7 Å². The van der Waals surface area contributed by atoms with E-state index in [1.54, 1.807) is 0 Å². The van der Waals surface area contributed by atoms with Gasteiger partial charge in [-0.15, -0.1) is 0 Å². The van der Waals surface area contributed by atoms with Crippen LogP contribution in [-0.4, -0.2) is 10.4 Å². The van der Waals surface area contributed by atoms with Gasteiger partial charge in [0.1, 0.15) is 23.6 Å². The Hall–Kier alpha value is -7.79. The number of nitrogens with one attached hydrogen (secondary N) is 2. The SMILES string of the molecule is c1ccc(-c2ccc(-n3c4ccccc4c4ccc(-c5ccc6c(c5)C(C5=NC(c7ccccc7)NC(c7ccccc7)N5)(c5ccccc5)c5ccccc5-6)cc43)cc2)cc1. The van der Waals surface area contributed by atoms with Crippen LogP contribution in [0.25, 0.3) is 60.9 Å². The van der Waals surface area contributed by atoms with Crippen LogP contribution >= 0.6 is 0 Å². The van der Waals surface area contributed by atoms with E-state index in [0.717, 1.165) is 33.8 Å². The summed E-state index contributed by atoms with van der Waals surface area (Å²) in [5.74, 6) is 0.919. The number of aromatic nitrogens is 1. The Balaban J connectivity index is 1.06. The highest BCUT2D eigenvalue weighted by molar-refractivity contribution is 6.11. The van der Waals surface area contributed by atoms with E-state index >= 15 is 0 Å². The number of nitrogens with zero attached hydrogens (tertiary/aromatic N) is 2. The van der Waals surface area contributed by atoms with E-state index < -0.39 is 5.41 Å². The lowest BCUT2D eigenvalue weighted by molar-refractivity contribution is 0.398. The first-order chi connectivity index (χ1) is 30.7. The molecule has 3 unspecified atom stereocenters. The number of hydrogen-bond acceptors (Lipinski definition) is 3. The first-order valence-corrected chi connectivity index (χ1v) is 21.4. The lowest BCUT2D eigenvalue weighted by Crippen LogP contribution is -2.53. The standard InChI is InChI=1S/C58H42N4/c1-5-17-39(18-6-1)40-29-33-46(34-30-40)62-53-28-16-14-26-49(53)50-36-32-44(38-54(50)62)43-31-35-48-47-25-13-15-27-51(47)58(52(48)37-43,45-23-11-4-12-24-45)57-60-55(41-19-7-2-8-20-41)59-56(61-57)42-21-9-3-10-22-42/h1-38,55-56,59H,(H,60,61). The normalized spacial score (nSPS) is 17.9. The van der Waals surface area contributed by atoms with Crippen molar-refractivity contribution < 1.29 is 0 Å². The molecule has 0 bridgehead atoms. The molecule has 12 rings (SSSR count). The first kappa shape index (κ1) is 36.1. The molecule has 0 saturated heterocycles. The molecule has 2 N–H and O–H groups in total. The third kappa shape index (κ3) is 5.76. The Morgan fingerprint density at radius 2 is 0.984 bits per heavy atom. The molecular weight excluding hydrogens is 753 g/mol. The zero-order chi connectivity index (χ0) is 41.0. The number of aliphatic imine (C=N–C) groups is 1. The van der Waals surface area contributed by atoms with Gasteiger partial charge in [-0.3, -0.25) is 5.32 Å². The molecule has 1 aliphatic carbocycles. The van der Waals surface area contributed by atoms with Gasteiger partial charge in [0.05, 0.1) is 11.0 Å². The molecule has 294 valence electrons. The van der Waals surface area contributed by atoms with Crippen molar-refractivity contribution in [2.24, 2.45) is 4.99 Å². The number of fused-ring (bicyclic) bond motifs is 6. The second-order valence-corrected chi connectivity index (χ2v) is 16.4. The molecule has 2 heterocycles. The molecule has 0 amide bonds. The summed E-state index contributed by atoms with van der Waals surface area (Å²) < 4.78 is 2.42. The summed E-state index contributed by atoms with van der Waals surface area (Å²) in [7, 11) is 0. The highest BCUT2D eigenvalue weighted by Crippen LogP contribution is 2.55. The van der Waals surface area contributed by atoms with Gasteiger partial charge in [0, 0.05) is 16.5 Å². The van der Waals surface area contributed by atoms with Crippen LogP contribution in [0.5, 0.6) is 0 Å². The van der Waals surface area contributed by atoms with Crippen LogP contribution in [-0.2, 0) is 5.41 Å². The van der Waals surface area contributed by atoms with Gasteiger partial charge in [0.2, 0.25) is 0 Å². The van der Waals surface area contributed by atoms with E-state index in [-0.39, 0.29) is 12.3 Å². The molecule has 0 saturated carbocycles. The molecule has 10 aromatic rings. The Morgan fingerprint density at radius 1 is 0.419 bits per heavy atom. The molecule has 0 fully saturated rings. The van der Waals surface area contributed by atoms with E-state index in [9.17, 15) is 0 Å². The summed E-state index contributed by atoms with van der Waals surface area (Å²) in [6.07, 6.45) is -0.455. The third-order valence-electron chi connectivity index (χ3n) is 13.0. The van der Waals surface area contributed by atoms with Gasteiger partial charge in [-0.25, -0.2) is 4.99 Å². The second-order valence-electron chi connectivity index (χ2n) is 16.4. The summed E-state index contributed by atoms with van der Waals surface area (Å²) in [5, 5.41) is 10.3. The molecular formula is C58H42N4. The molecule has 3 atom stereocenters. The van der Waals surface area contributed by atoms with Gasteiger partial charge >= 0.3 is 0 Å². The Bertz CT molecular complexity index is 3280. The van der Waals surface area contributed by atoms with Crippen LogP contribution in [0, 0.1) is 0 Å². The van der Waals surface area contributed by atoms with Gasteiger partial charge < -0.3 is 9.88 Å². The maximum absolute atomic E-state index is 5.69. The van der Waals surface area contributed by atoms with Crippen molar-refractivity contribution in [3.05, 3.63) is 258 Å². The fraction of sp³-hybridized carbons (Fsp3) is 0.0517. The summed E-state index contributed by atoms with van der Waals surface area (Å²) in [6.45, 7) is 0. The van der Waals surface area contributed by atoms with Gasteiger partial charge in [0.25, 0.3) is 0 Å². The van der Waals surface area contributed by atoms with E-state index in [1.807, 2.05) is 0 Å². The first-order valence-electron chi connectivity index (χ1n) is 21.4. The van der Waals surface area contributed by atoms with Gasteiger partial charge in [-0.2, -0.15) is 0 Å². The average molecular weight is 795 g/mol. The van der Waals surface area contributed by atoms with Crippen molar-refractivity contribution in [3.63, 3.8) is 0 Å². The van der Waals surface area contributed by atoms with Crippen molar-refractivity contribution in [2.75, 3.05) is 0 Å². The predicted molar refractivity (Wildman–Crippen MR) is 255 cm³/mol. The van der Waals surface area contributed by atoms with Crippen LogP contribution in [0.4, 0.5) is 0 Å². The van der Waals surface area contributed by atoms with Crippen LogP contribution in [0.1, 0.15) is 40.1 Å². The predicted octanol–water partition coefficient (Wildman–Crippen LogP) is 13.4. The Labute approximate surface area is 361 Å². The fourth-order valence-corrected chi connectivity index (χ4v) is 10.1. The minimum Gasteiger partial charge on any atom is -0.353 e. The maximum atomic E-state index is 5.69. The van der Waals surface area contributed by atoms with Crippen molar-refractivity contribution in [1.82, 2.24) is 15.2 Å². The maximum Gasteiger partial charge on any atom is 0.129 e. The molecule has 4 nitrogen and oxygen atoms in total. The lowest BCUT2D eigenvalue weighted by Gasteiger charge is -2.41. The fourth-order valence-electron chi connectivity index (χ4n) is 10.1. The van der Waals surface area contributed by atoms with Gasteiger partial charge in [-0.05, 0) is 91.5 Å². The van der Waals surface area contributed by atoms with Gasteiger partial charge in [0.15, 0.2) is 0 Å². The van der Waals surface area contributed by atoms with E-state index in [0.29, 0.717) is 0 Å². The molecule has 4 heteroatoms. The number of hydrogen-bond donors (Lipinski definition) is 2. The summed E-state index contributed by atoms with van der Waals surface area (Å²) in [4.78, 5) is 5.69. The molecule has 2 aliphatic rings. The quantitative estimate of drug-likeness (QED) is 0.169. The van der Waals surface area contributed by atoms with Gasteiger partial charge in [-0.1, -0.05) is 200 Å². The summed E-state index contributed by atoms with van der Waals surface area (Å²) >= 11 is 0. The van der Waals surface area contributed by atoms with Crippen LogP contribution in [0.2, 0.25) is 0 Å². The Kier molecular flexibility index (Phi) is 8.58. The second kappa shape index (κ2) is 14.7. The smallest absolute Gasteiger partial charge is 0.129 e. The molecule has 0 spiro atoms. The van der Waals surface area contributed by atoms with E-state index in [2.05, 4.69) is 246 Å². The number of para-hydroxylation sites is 1. The number of amidine groups is 1. The summed E-state index contributed by atoms with van der Waals surface area (Å²) in [5.41, 5.74) is 15.8. The van der Waals surface area contributed by atoms with Crippen molar-refractivity contribution >= 4 is 27.6 Å². The number of rotatable bonds is 7. The molecule has 1 aromatic heterocycles. The van der Waals surface area contributed by atoms with E-state index in [4.69, 9.17) is 4.99 Å². The largest absolute Gasteiger partial charge is 0.353 e. The highest BCUT2D eigenvalue weighted by atomic mass is 15.3. The van der Waals surface area contributed by atoms with Crippen molar-refractivity contribution in [1.29, 1.82) is 0 Å². The summed E-state index contributed by atoms with van der Waals surface area (Å²) in [6, 6.07) is 83.5. The molecule has 9 aromatic carbocycles. The van der Waals surface area contributed by atoms with Crippen molar-refractivity contribution in [3.8, 4) is 39.1 Å². The van der Waals surface area contributed by atoms with E-state index in [1.165, 1.54) is 60.8 Å². The topological polar surface area (TPSA) is 41.4 Å².